The van der Waals surface area contributed by atoms with Crippen LogP contribution < -0.4 is 5.32 Å². The lowest BCUT2D eigenvalue weighted by Gasteiger charge is -2.03. The molecule has 0 radical (unpaired) electrons. The zero-order valence-corrected chi connectivity index (χ0v) is 8.22. The molecule has 0 aliphatic rings. The van der Waals surface area contributed by atoms with Crippen molar-refractivity contribution in [3.05, 3.63) is 28.2 Å². The Morgan fingerprint density at radius 1 is 1.18 bits per heavy atom. The Kier molecular flexibility index (Phi) is 4.66. The fraction of sp³-hybridized carbons (Fsp3) is 0.143. The normalized spacial score (nSPS) is 8.64. The summed E-state index contributed by atoms with van der Waals surface area (Å²) in [5.41, 5.74) is 0.783. The van der Waals surface area contributed by atoms with Crippen molar-refractivity contribution in [2.75, 3.05) is 12.4 Å². The zero-order chi connectivity index (χ0) is 7.56. The predicted octanol–water partition coefficient (Wildman–Crippen LogP) is 3.46. The molecule has 1 N–H and O–H groups in total. The molecule has 0 fully saturated rings. The quantitative estimate of drug-likeness (QED) is 0.752. The van der Waals surface area contributed by atoms with E-state index in [4.69, 9.17) is 23.2 Å². The first-order valence-electron chi connectivity index (χ1n) is 2.87. The van der Waals surface area contributed by atoms with Crippen molar-refractivity contribution >= 4 is 41.3 Å². The Labute approximate surface area is 82.1 Å². The summed E-state index contributed by atoms with van der Waals surface area (Å²) in [5, 5.41) is 4.20. The van der Waals surface area contributed by atoms with Gasteiger partial charge in [-0.3, -0.25) is 0 Å². The lowest BCUT2D eigenvalue weighted by atomic mass is 10.3. The third-order valence-electron chi connectivity index (χ3n) is 1.21. The highest BCUT2D eigenvalue weighted by atomic mass is 35.5. The largest absolute Gasteiger partial charge is 0.386 e. The van der Waals surface area contributed by atoms with E-state index in [-0.39, 0.29) is 12.4 Å². The van der Waals surface area contributed by atoms with Crippen molar-refractivity contribution in [1.82, 2.24) is 0 Å². The van der Waals surface area contributed by atoms with Crippen LogP contribution in [0, 0.1) is 0 Å². The van der Waals surface area contributed by atoms with Crippen LogP contribution in [0.1, 0.15) is 0 Å². The van der Waals surface area contributed by atoms with Crippen LogP contribution in [0.15, 0.2) is 18.2 Å². The molecule has 0 atom stereocenters. The molecule has 0 aromatic heterocycles. The van der Waals surface area contributed by atoms with Gasteiger partial charge in [-0.2, -0.15) is 0 Å². The maximum atomic E-state index is 5.78. The Morgan fingerprint density at radius 3 is 1.91 bits per heavy atom. The van der Waals surface area contributed by atoms with Crippen molar-refractivity contribution < 1.29 is 0 Å². The van der Waals surface area contributed by atoms with Gasteiger partial charge in [-0.1, -0.05) is 29.3 Å². The number of rotatable bonds is 1. The minimum atomic E-state index is 0. The summed E-state index contributed by atoms with van der Waals surface area (Å²) in [6.07, 6.45) is 0. The van der Waals surface area contributed by atoms with Crippen molar-refractivity contribution in [2.24, 2.45) is 0 Å². The molecule has 4 heteroatoms. The van der Waals surface area contributed by atoms with E-state index in [0.29, 0.717) is 10.0 Å². The molecule has 0 aliphatic heterocycles. The van der Waals surface area contributed by atoms with E-state index < -0.39 is 0 Å². The number of anilines is 1. The van der Waals surface area contributed by atoms with Crippen LogP contribution in [0.25, 0.3) is 0 Å². The van der Waals surface area contributed by atoms with Crippen LogP contribution in [0.4, 0.5) is 5.69 Å². The molecule has 1 aromatic rings. The average molecular weight is 213 g/mol. The van der Waals surface area contributed by atoms with E-state index >= 15 is 0 Å². The van der Waals surface area contributed by atoms with Gasteiger partial charge in [0.15, 0.2) is 0 Å². The second kappa shape index (κ2) is 4.70. The second-order valence-electron chi connectivity index (χ2n) is 1.85. The Hall–Kier alpha value is -0.110. The number of nitrogens with one attached hydrogen (secondary N) is 1. The van der Waals surface area contributed by atoms with Crippen molar-refractivity contribution in [1.29, 1.82) is 0 Å². The molecule has 0 saturated heterocycles. The first-order valence-corrected chi connectivity index (χ1v) is 3.63. The molecule has 0 unspecified atom stereocenters. The maximum Gasteiger partial charge on any atom is 0.0716 e. The van der Waals surface area contributed by atoms with Gasteiger partial charge in [0.25, 0.3) is 0 Å². The van der Waals surface area contributed by atoms with Gasteiger partial charge in [-0.15, -0.1) is 12.4 Å². The van der Waals surface area contributed by atoms with Gasteiger partial charge < -0.3 is 5.32 Å². The summed E-state index contributed by atoms with van der Waals surface area (Å²) in [6.45, 7) is 0. The van der Waals surface area contributed by atoms with Crippen LogP contribution in [0.5, 0.6) is 0 Å². The van der Waals surface area contributed by atoms with Gasteiger partial charge in [0.2, 0.25) is 0 Å². The van der Waals surface area contributed by atoms with E-state index in [0.717, 1.165) is 5.69 Å². The summed E-state index contributed by atoms with van der Waals surface area (Å²) in [6, 6.07) is 5.39. The highest BCUT2D eigenvalue weighted by Crippen LogP contribution is 2.28. The Morgan fingerprint density at radius 2 is 1.64 bits per heavy atom. The fourth-order valence-electron chi connectivity index (χ4n) is 0.737. The zero-order valence-electron chi connectivity index (χ0n) is 5.90. The number of hydrogen-bond donors (Lipinski definition) is 1. The average Bonchev–Trinajstić information content (AvgIpc) is 1.88. The SMILES string of the molecule is CNc1c(Cl)cccc1Cl.Cl. The van der Waals surface area contributed by atoms with Gasteiger partial charge in [-0.05, 0) is 12.1 Å². The van der Waals surface area contributed by atoms with E-state index in [1.54, 1.807) is 19.2 Å². The fourth-order valence-corrected chi connectivity index (χ4v) is 1.32. The lowest BCUT2D eigenvalue weighted by molar-refractivity contribution is 1.51. The van der Waals surface area contributed by atoms with Crippen molar-refractivity contribution in [2.45, 2.75) is 0 Å². The van der Waals surface area contributed by atoms with Crippen LogP contribution in [0.3, 0.4) is 0 Å². The molecule has 0 heterocycles. The molecule has 11 heavy (non-hydrogen) atoms. The minimum absolute atomic E-state index is 0. The number of hydrogen-bond acceptors (Lipinski definition) is 1. The molecule has 0 amide bonds. The lowest BCUT2D eigenvalue weighted by Crippen LogP contribution is -1.89. The number of para-hydroxylation sites is 1. The number of benzene rings is 1. The third-order valence-corrected chi connectivity index (χ3v) is 1.84. The maximum absolute atomic E-state index is 5.78. The Balaban J connectivity index is 0.000001000. The monoisotopic (exact) mass is 211 g/mol. The van der Waals surface area contributed by atoms with Crippen molar-refractivity contribution in [3.8, 4) is 0 Å². The summed E-state index contributed by atoms with van der Waals surface area (Å²) >= 11 is 11.6. The second-order valence-corrected chi connectivity index (χ2v) is 2.66. The molecule has 1 aromatic carbocycles. The van der Waals surface area contributed by atoms with Crippen molar-refractivity contribution in [3.63, 3.8) is 0 Å². The highest BCUT2D eigenvalue weighted by molar-refractivity contribution is 6.39. The molecule has 0 bridgehead atoms. The van der Waals surface area contributed by atoms with Gasteiger partial charge in [0.05, 0.1) is 15.7 Å². The predicted molar refractivity (Wildman–Crippen MR) is 53.3 cm³/mol. The summed E-state index contributed by atoms with van der Waals surface area (Å²) in [4.78, 5) is 0. The molecule has 0 aliphatic carbocycles. The summed E-state index contributed by atoms with van der Waals surface area (Å²) in [5.74, 6) is 0. The molecule has 0 saturated carbocycles. The van der Waals surface area contributed by atoms with E-state index in [9.17, 15) is 0 Å². The molecule has 62 valence electrons. The topological polar surface area (TPSA) is 12.0 Å². The first kappa shape index (κ1) is 10.9. The highest BCUT2D eigenvalue weighted by Gasteiger charge is 2.00. The molecule has 1 nitrogen and oxygen atoms in total. The minimum Gasteiger partial charge on any atom is -0.386 e. The van der Waals surface area contributed by atoms with Crippen LogP contribution in [0.2, 0.25) is 10.0 Å². The smallest absolute Gasteiger partial charge is 0.0716 e. The van der Waals surface area contributed by atoms with E-state index in [2.05, 4.69) is 5.32 Å². The van der Waals surface area contributed by atoms with Gasteiger partial charge >= 0.3 is 0 Å². The summed E-state index contributed by atoms with van der Waals surface area (Å²) < 4.78 is 0. The standard InChI is InChI=1S/C7H7Cl2N.ClH/c1-10-7-5(8)3-2-4-6(7)9;/h2-4,10H,1H3;1H. The molecular formula is C7H8Cl3N. The van der Waals surface area contributed by atoms with E-state index in [1.165, 1.54) is 0 Å². The van der Waals surface area contributed by atoms with Crippen LogP contribution in [-0.2, 0) is 0 Å². The summed E-state index contributed by atoms with van der Waals surface area (Å²) in [7, 11) is 1.78. The van der Waals surface area contributed by atoms with Gasteiger partial charge in [0, 0.05) is 7.05 Å². The Bertz CT molecular complexity index is 217. The molecule has 1 rings (SSSR count). The number of halogens is 3. The van der Waals surface area contributed by atoms with Crippen LogP contribution in [-0.4, -0.2) is 7.05 Å². The molecule has 0 spiro atoms. The molecular weight excluding hydrogens is 204 g/mol. The van der Waals surface area contributed by atoms with Gasteiger partial charge in [-0.25, -0.2) is 0 Å². The first-order chi connectivity index (χ1) is 4.75. The van der Waals surface area contributed by atoms with Crippen LogP contribution >= 0.6 is 35.6 Å². The van der Waals surface area contributed by atoms with Gasteiger partial charge in [0.1, 0.15) is 0 Å². The third kappa shape index (κ3) is 2.44. The van der Waals surface area contributed by atoms with E-state index in [1.807, 2.05) is 6.07 Å².